The molecule has 7 rings (SSSR count). The Morgan fingerprint density at radius 3 is 2.45 bits per heavy atom. The summed E-state index contributed by atoms with van der Waals surface area (Å²) in [6.45, 7) is 3.06. The quantitative estimate of drug-likeness (QED) is 0.0502. The fourth-order valence-electron chi connectivity index (χ4n) is 8.06. The van der Waals surface area contributed by atoms with Gasteiger partial charge < -0.3 is 45.1 Å². The summed E-state index contributed by atoms with van der Waals surface area (Å²) >= 11 is 7.44. The lowest BCUT2D eigenvalue weighted by atomic mass is 9.69. The van der Waals surface area contributed by atoms with Gasteiger partial charge in [0.05, 0.1) is 62.7 Å². The number of carbonyl (C=O) groups excluding carboxylic acids is 5. The van der Waals surface area contributed by atoms with Crippen molar-refractivity contribution in [2.24, 2.45) is 5.41 Å². The number of aromatic nitrogens is 2. The first kappa shape index (κ1) is 47.4. The lowest BCUT2D eigenvalue weighted by Crippen LogP contribution is -2.52. The number of benzene rings is 2. The molecule has 2 aromatic carbocycles. The van der Waals surface area contributed by atoms with Gasteiger partial charge in [-0.1, -0.05) is 23.7 Å². The molecule has 346 valence electrons. The minimum Gasteiger partial charge on any atom is -0.487 e. The van der Waals surface area contributed by atoms with Crippen LogP contribution in [0.1, 0.15) is 60.1 Å². The van der Waals surface area contributed by atoms with Crippen LogP contribution < -0.4 is 31.3 Å². The van der Waals surface area contributed by atoms with E-state index in [-0.39, 0.29) is 66.4 Å². The third kappa shape index (κ3) is 13.0. The van der Waals surface area contributed by atoms with Gasteiger partial charge >= 0.3 is 0 Å². The molecular weight excluding hydrogens is 883 g/mol. The Labute approximate surface area is 384 Å². The van der Waals surface area contributed by atoms with Crippen LogP contribution in [0, 0.1) is 11.2 Å². The number of rotatable bonds is 23. The van der Waals surface area contributed by atoms with E-state index in [1.165, 1.54) is 22.3 Å². The van der Waals surface area contributed by atoms with Crippen molar-refractivity contribution >= 4 is 69.1 Å². The van der Waals surface area contributed by atoms with E-state index in [1.807, 2.05) is 23.6 Å². The number of ether oxygens (including phenoxy) is 4. The molecule has 2 fully saturated rings. The molecular formula is C45H52ClFN8O9S. The van der Waals surface area contributed by atoms with E-state index < -0.39 is 23.2 Å². The summed E-state index contributed by atoms with van der Waals surface area (Å²) in [7, 11) is 0. The summed E-state index contributed by atoms with van der Waals surface area (Å²) in [4.78, 5) is 73.7. The molecule has 20 heteroatoms. The molecule has 4 aromatic rings. The molecule has 3 aliphatic rings. The normalized spacial score (nSPS) is 19.4. The second-order valence-electron chi connectivity index (χ2n) is 15.9. The molecule has 4 heterocycles. The lowest BCUT2D eigenvalue weighted by Gasteiger charge is -2.39. The maximum Gasteiger partial charge on any atom is 0.255 e. The van der Waals surface area contributed by atoms with E-state index in [4.69, 9.17) is 35.5 Å². The molecule has 1 atom stereocenters. The molecule has 0 bridgehead atoms. The smallest absolute Gasteiger partial charge is 0.255 e. The van der Waals surface area contributed by atoms with Crippen LogP contribution in [0.2, 0.25) is 5.02 Å². The number of nitrogens with one attached hydrogen (secondary N) is 5. The average molecular weight is 935 g/mol. The van der Waals surface area contributed by atoms with E-state index in [0.29, 0.717) is 107 Å². The molecule has 5 N–H and O–H groups in total. The van der Waals surface area contributed by atoms with Crippen LogP contribution >= 0.6 is 22.9 Å². The topological polar surface area (TPSA) is 211 Å². The lowest BCUT2D eigenvalue weighted by molar-refractivity contribution is -0.137. The molecule has 0 spiro atoms. The zero-order chi connectivity index (χ0) is 45.6. The molecule has 1 saturated carbocycles. The molecule has 1 unspecified atom stereocenters. The van der Waals surface area contributed by atoms with Crippen LogP contribution in [0.3, 0.4) is 0 Å². The molecule has 2 aromatic heterocycles. The number of fused-ring (bicyclic) bond motifs is 1. The van der Waals surface area contributed by atoms with Crippen molar-refractivity contribution < 1.29 is 47.3 Å². The monoisotopic (exact) mass is 934 g/mol. The van der Waals surface area contributed by atoms with Gasteiger partial charge in [0.25, 0.3) is 5.91 Å². The van der Waals surface area contributed by atoms with Crippen molar-refractivity contribution in [1.82, 2.24) is 30.8 Å². The second-order valence-corrected chi connectivity index (χ2v) is 17.2. The van der Waals surface area contributed by atoms with E-state index in [9.17, 15) is 28.4 Å². The Hall–Kier alpha value is -5.57. The summed E-state index contributed by atoms with van der Waals surface area (Å²) in [5.41, 5.74) is 1.70. The van der Waals surface area contributed by atoms with E-state index in [0.717, 1.165) is 10.8 Å². The molecule has 2 aliphatic heterocycles. The van der Waals surface area contributed by atoms with Gasteiger partial charge in [-0.05, 0) is 80.1 Å². The zero-order valence-corrected chi connectivity index (χ0v) is 37.3. The van der Waals surface area contributed by atoms with Crippen molar-refractivity contribution in [3.63, 3.8) is 0 Å². The Kier molecular flexibility index (Phi) is 16.8. The summed E-state index contributed by atoms with van der Waals surface area (Å²) in [6.07, 6.45) is 4.41. The Bertz CT molecular complexity index is 2300. The Morgan fingerprint density at radius 2 is 1.69 bits per heavy atom. The number of anilines is 3. The van der Waals surface area contributed by atoms with Crippen molar-refractivity contribution in [3.8, 4) is 5.75 Å². The highest BCUT2D eigenvalue weighted by Gasteiger charge is 2.43. The molecule has 17 nitrogen and oxygen atoms in total. The van der Waals surface area contributed by atoms with Gasteiger partial charge in [0.15, 0.2) is 16.7 Å². The zero-order valence-electron chi connectivity index (χ0n) is 35.7. The first-order valence-corrected chi connectivity index (χ1v) is 22.9. The number of halogens is 2. The van der Waals surface area contributed by atoms with E-state index >= 15 is 0 Å². The van der Waals surface area contributed by atoms with Crippen molar-refractivity contribution in [1.29, 1.82) is 0 Å². The third-order valence-corrected chi connectivity index (χ3v) is 12.3. The summed E-state index contributed by atoms with van der Waals surface area (Å²) < 4.78 is 37.5. The number of nitrogens with zero attached hydrogens (tertiary/aromatic N) is 3. The molecule has 65 heavy (non-hydrogen) atoms. The van der Waals surface area contributed by atoms with Gasteiger partial charge in [-0.2, -0.15) is 0 Å². The SMILES string of the molecule is O=C1CCC(N2Cc3cc(NC(=O)CNCCOCCOCCOCCNC(=O)C4(Cc5cccc(Nc6nccs6)n5)CCC(Oc5cccc(Cl)c5F)CC4)ccc3C2=O)C(=O)N1. The number of piperidine rings is 1. The number of carbonyl (C=O) groups is 5. The summed E-state index contributed by atoms with van der Waals surface area (Å²) in [5, 5.41) is 17.0. The molecule has 1 aliphatic carbocycles. The standard InChI is InChI=1S/C45H52ClFN8O9S/c46-34-4-2-5-36(40(34)47)64-32-11-13-45(14-12-32,26-31-3-1-6-37(51-31)53-44-50-17-24-65-44)43(60)49-16-19-62-21-23-63-22-20-61-18-15-48-27-39(57)52-30-7-8-33-29(25-30)28-55(42(33)59)35-9-10-38(56)54-41(35)58/h1-8,17,24-25,32,35,48H,9-16,18-23,26-28H2,(H,49,60)(H,52,57)(H,50,51,53)(H,54,56,58). The highest BCUT2D eigenvalue weighted by Crippen LogP contribution is 2.41. The van der Waals surface area contributed by atoms with Crippen LogP contribution in [-0.4, -0.2) is 116 Å². The Morgan fingerprint density at radius 1 is 0.938 bits per heavy atom. The number of pyridine rings is 1. The van der Waals surface area contributed by atoms with Crippen LogP contribution in [0.4, 0.5) is 21.0 Å². The second kappa shape index (κ2) is 23.1. The van der Waals surface area contributed by atoms with Crippen LogP contribution in [0.15, 0.2) is 66.2 Å². The molecule has 0 radical (unpaired) electrons. The highest BCUT2D eigenvalue weighted by molar-refractivity contribution is 7.13. The highest BCUT2D eigenvalue weighted by atomic mass is 35.5. The van der Waals surface area contributed by atoms with Gasteiger partial charge in [-0.15, -0.1) is 11.3 Å². The largest absolute Gasteiger partial charge is 0.487 e. The van der Waals surface area contributed by atoms with Gasteiger partial charge in [0, 0.05) is 61.0 Å². The van der Waals surface area contributed by atoms with Crippen LogP contribution in [0.5, 0.6) is 5.75 Å². The average Bonchev–Trinajstić information content (AvgIpc) is 3.93. The number of hydrogen-bond donors (Lipinski definition) is 5. The first-order valence-electron chi connectivity index (χ1n) is 21.6. The van der Waals surface area contributed by atoms with Crippen molar-refractivity contribution in [2.75, 3.05) is 69.9 Å². The minimum atomic E-state index is -0.761. The van der Waals surface area contributed by atoms with Crippen molar-refractivity contribution in [2.45, 2.75) is 63.6 Å². The summed E-state index contributed by atoms with van der Waals surface area (Å²) in [5.74, 6) is -1.31. The Balaban J connectivity index is 0.749. The van der Waals surface area contributed by atoms with Gasteiger partial charge in [-0.3, -0.25) is 29.3 Å². The third-order valence-electron chi connectivity index (χ3n) is 11.4. The fourth-order valence-corrected chi connectivity index (χ4v) is 8.76. The number of amides is 5. The molecule has 1 saturated heterocycles. The first-order chi connectivity index (χ1) is 31.6. The fraction of sp³-hybridized carbons (Fsp3) is 0.444. The predicted octanol–water partition coefficient (Wildman–Crippen LogP) is 4.78. The number of thiazole rings is 1. The summed E-state index contributed by atoms with van der Waals surface area (Å²) in [6, 6.07) is 14.6. The maximum absolute atomic E-state index is 14.6. The maximum atomic E-state index is 14.6. The number of imide groups is 1. The van der Waals surface area contributed by atoms with Crippen LogP contribution in [-0.2, 0) is 46.4 Å². The van der Waals surface area contributed by atoms with Crippen molar-refractivity contribution in [3.05, 3.63) is 93.8 Å². The van der Waals surface area contributed by atoms with E-state index in [2.05, 4.69) is 31.6 Å². The molecule has 5 amide bonds. The van der Waals surface area contributed by atoms with Gasteiger partial charge in [0.2, 0.25) is 23.6 Å². The minimum absolute atomic E-state index is 0.00467. The predicted molar refractivity (Wildman–Crippen MR) is 240 cm³/mol. The van der Waals surface area contributed by atoms with E-state index in [1.54, 1.807) is 36.5 Å². The number of hydrogen-bond acceptors (Lipinski definition) is 14. The van der Waals surface area contributed by atoms with Crippen LogP contribution in [0.25, 0.3) is 0 Å². The van der Waals surface area contributed by atoms with Gasteiger partial charge in [0.1, 0.15) is 11.9 Å². The van der Waals surface area contributed by atoms with Gasteiger partial charge in [-0.25, -0.2) is 14.4 Å².